The van der Waals surface area contributed by atoms with Crippen molar-refractivity contribution in [2.75, 3.05) is 19.8 Å². The molecule has 0 saturated carbocycles. The Labute approximate surface area is 120 Å². The van der Waals surface area contributed by atoms with Crippen molar-refractivity contribution in [2.24, 2.45) is 5.92 Å². The zero-order chi connectivity index (χ0) is 14.5. The highest BCUT2D eigenvalue weighted by molar-refractivity contribution is 5.44. The lowest BCUT2D eigenvalue weighted by Gasteiger charge is -2.20. The van der Waals surface area contributed by atoms with Gasteiger partial charge in [0, 0.05) is 6.42 Å². The van der Waals surface area contributed by atoms with Crippen molar-refractivity contribution in [3.8, 4) is 11.5 Å². The van der Waals surface area contributed by atoms with Crippen LogP contribution in [0.2, 0.25) is 0 Å². The van der Waals surface area contributed by atoms with E-state index in [1.165, 1.54) is 0 Å². The number of hydrogen-bond acceptors (Lipinski definition) is 4. The standard InChI is InChI=1S/C16H24O4/c1-11(2)12(3)20-10-14(17)13-5-6-15-16(9-13)19-8-4-7-18-15/h5-6,9,11-12,14,17H,4,7-8,10H2,1-3H3. The van der Waals surface area contributed by atoms with E-state index < -0.39 is 6.10 Å². The molecule has 1 aliphatic rings. The molecule has 1 aromatic carbocycles. The number of hydrogen-bond donors (Lipinski definition) is 1. The Morgan fingerprint density at radius 3 is 2.55 bits per heavy atom. The van der Waals surface area contributed by atoms with E-state index in [1.807, 2.05) is 25.1 Å². The van der Waals surface area contributed by atoms with Crippen LogP contribution in [0.1, 0.15) is 38.9 Å². The molecule has 2 rings (SSSR count). The fraction of sp³-hybridized carbons (Fsp3) is 0.625. The molecule has 0 radical (unpaired) electrons. The molecule has 0 spiro atoms. The Hall–Kier alpha value is -1.26. The summed E-state index contributed by atoms with van der Waals surface area (Å²) in [5, 5.41) is 10.2. The largest absolute Gasteiger partial charge is 0.490 e. The minimum Gasteiger partial charge on any atom is -0.490 e. The molecule has 1 N–H and O–H groups in total. The highest BCUT2D eigenvalue weighted by atomic mass is 16.5. The second-order valence-corrected chi connectivity index (χ2v) is 5.55. The maximum Gasteiger partial charge on any atom is 0.161 e. The molecule has 1 heterocycles. The molecule has 0 bridgehead atoms. The summed E-state index contributed by atoms with van der Waals surface area (Å²) in [5.74, 6) is 1.89. The van der Waals surface area contributed by atoms with Gasteiger partial charge in [0.2, 0.25) is 0 Å². The maximum absolute atomic E-state index is 10.2. The predicted octanol–water partition coefficient (Wildman–Crippen LogP) is 2.94. The fourth-order valence-electron chi connectivity index (χ4n) is 1.92. The quantitative estimate of drug-likeness (QED) is 0.901. The topological polar surface area (TPSA) is 47.9 Å². The first-order valence-corrected chi connectivity index (χ1v) is 7.27. The zero-order valence-corrected chi connectivity index (χ0v) is 12.5. The predicted molar refractivity (Wildman–Crippen MR) is 77.3 cm³/mol. The molecule has 2 unspecified atom stereocenters. The first kappa shape index (κ1) is 15.1. The van der Waals surface area contributed by atoms with Crippen molar-refractivity contribution in [2.45, 2.75) is 39.4 Å². The van der Waals surface area contributed by atoms with E-state index in [2.05, 4.69) is 13.8 Å². The van der Waals surface area contributed by atoms with E-state index in [4.69, 9.17) is 14.2 Å². The minimum absolute atomic E-state index is 0.130. The van der Waals surface area contributed by atoms with Crippen molar-refractivity contribution < 1.29 is 19.3 Å². The average molecular weight is 280 g/mol. The van der Waals surface area contributed by atoms with E-state index >= 15 is 0 Å². The highest BCUT2D eigenvalue weighted by Gasteiger charge is 2.16. The van der Waals surface area contributed by atoms with Gasteiger partial charge < -0.3 is 19.3 Å². The SMILES string of the molecule is CC(C)C(C)OCC(O)c1ccc2c(c1)OCCCO2. The molecule has 1 aromatic rings. The summed E-state index contributed by atoms with van der Waals surface area (Å²) in [6.45, 7) is 7.83. The van der Waals surface area contributed by atoms with Crippen LogP contribution in [0.4, 0.5) is 0 Å². The van der Waals surface area contributed by atoms with Crippen LogP contribution in [0, 0.1) is 5.92 Å². The molecule has 2 atom stereocenters. The van der Waals surface area contributed by atoms with Crippen LogP contribution in [-0.4, -0.2) is 31.0 Å². The van der Waals surface area contributed by atoms with Gasteiger partial charge >= 0.3 is 0 Å². The van der Waals surface area contributed by atoms with Gasteiger partial charge in [-0.05, 0) is 30.5 Å². The lowest BCUT2D eigenvalue weighted by atomic mass is 10.1. The van der Waals surface area contributed by atoms with Crippen LogP contribution in [0.15, 0.2) is 18.2 Å². The smallest absolute Gasteiger partial charge is 0.161 e. The van der Waals surface area contributed by atoms with Crippen molar-refractivity contribution in [1.29, 1.82) is 0 Å². The van der Waals surface area contributed by atoms with E-state index in [1.54, 1.807) is 0 Å². The number of aliphatic hydroxyl groups is 1. The van der Waals surface area contributed by atoms with Crippen LogP contribution in [0.5, 0.6) is 11.5 Å². The van der Waals surface area contributed by atoms with Gasteiger partial charge in [-0.15, -0.1) is 0 Å². The Morgan fingerprint density at radius 2 is 1.85 bits per heavy atom. The van der Waals surface area contributed by atoms with Crippen LogP contribution < -0.4 is 9.47 Å². The summed E-state index contributed by atoms with van der Waals surface area (Å²) in [6.07, 6.45) is 0.361. The van der Waals surface area contributed by atoms with E-state index in [-0.39, 0.29) is 6.10 Å². The number of fused-ring (bicyclic) bond motifs is 1. The summed E-state index contributed by atoms with van der Waals surface area (Å²) < 4.78 is 16.9. The molecule has 0 aliphatic carbocycles. The van der Waals surface area contributed by atoms with E-state index in [9.17, 15) is 5.11 Å². The molecule has 4 nitrogen and oxygen atoms in total. The summed E-state index contributed by atoms with van der Waals surface area (Å²) in [5.41, 5.74) is 0.796. The molecular formula is C16H24O4. The Kier molecular flexibility index (Phi) is 5.26. The Balaban J connectivity index is 1.99. The van der Waals surface area contributed by atoms with E-state index in [0.717, 1.165) is 17.7 Å². The molecule has 112 valence electrons. The van der Waals surface area contributed by atoms with Gasteiger partial charge in [-0.25, -0.2) is 0 Å². The van der Waals surface area contributed by atoms with E-state index in [0.29, 0.717) is 31.5 Å². The van der Waals surface area contributed by atoms with Crippen LogP contribution in [-0.2, 0) is 4.74 Å². The average Bonchev–Trinajstić information content (AvgIpc) is 2.68. The van der Waals surface area contributed by atoms with Crippen molar-refractivity contribution in [3.63, 3.8) is 0 Å². The molecule has 0 amide bonds. The minimum atomic E-state index is -0.645. The number of rotatable bonds is 5. The van der Waals surface area contributed by atoms with Gasteiger partial charge in [-0.3, -0.25) is 0 Å². The lowest BCUT2D eigenvalue weighted by Crippen LogP contribution is -2.19. The summed E-state index contributed by atoms with van der Waals surface area (Å²) in [4.78, 5) is 0. The third-order valence-electron chi connectivity index (χ3n) is 3.61. The normalized spacial score (nSPS) is 17.6. The van der Waals surface area contributed by atoms with Gasteiger partial charge in [0.1, 0.15) is 6.10 Å². The Morgan fingerprint density at radius 1 is 1.15 bits per heavy atom. The molecule has 20 heavy (non-hydrogen) atoms. The fourth-order valence-corrected chi connectivity index (χ4v) is 1.92. The molecule has 0 saturated heterocycles. The number of ether oxygens (including phenoxy) is 3. The van der Waals surface area contributed by atoms with Gasteiger partial charge in [0.25, 0.3) is 0 Å². The van der Waals surface area contributed by atoms with Crippen molar-refractivity contribution in [3.05, 3.63) is 23.8 Å². The number of benzene rings is 1. The van der Waals surface area contributed by atoms with Gasteiger partial charge in [-0.2, -0.15) is 0 Å². The van der Waals surface area contributed by atoms with Gasteiger partial charge in [0.05, 0.1) is 25.9 Å². The second kappa shape index (κ2) is 6.95. The first-order chi connectivity index (χ1) is 9.58. The van der Waals surface area contributed by atoms with Crippen molar-refractivity contribution >= 4 is 0 Å². The van der Waals surface area contributed by atoms with Crippen LogP contribution >= 0.6 is 0 Å². The van der Waals surface area contributed by atoms with Crippen LogP contribution in [0.25, 0.3) is 0 Å². The van der Waals surface area contributed by atoms with Gasteiger partial charge in [0.15, 0.2) is 11.5 Å². The van der Waals surface area contributed by atoms with Crippen LogP contribution in [0.3, 0.4) is 0 Å². The van der Waals surface area contributed by atoms with Crippen molar-refractivity contribution in [1.82, 2.24) is 0 Å². The molecule has 1 aliphatic heterocycles. The molecular weight excluding hydrogens is 256 g/mol. The second-order valence-electron chi connectivity index (χ2n) is 5.55. The van der Waals surface area contributed by atoms with Gasteiger partial charge in [-0.1, -0.05) is 19.9 Å². The summed E-state index contributed by atoms with van der Waals surface area (Å²) >= 11 is 0. The highest BCUT2D eigenvalue weighted by Crippen LogP contribution is 2.32. The summed E-state index contributed by atoms with van der Waals surface area (Å²) in [6, 6.07) is 5.56. The third kappa shape index (κ3) is 3.87. The lowest BCUT2D eigenvalue weighted by molar-refractivity contribution is -0.0207. The Bertz CT molecular complexity index is 430. The zero-order valence-electron chi connectivity index (χ0n) is 12.5. The summed E-state index contributed by atoms with van der Waals surface area (Å²) in [7, 11) is 0. The monoisotopic (exact) mass is 280 g/mol. The first-order valence-electron chi connectivity index (χ1n) is 7.27. The maximum atomic E-state index is 10.2. The number of aliphatic hydroxyl groups excluding tert-OH is 1. The molecule has 0 fully saturated rings. The third-order valence-corrected chi connectivity index (χ3v) is 3.61. The molecule has 0 aromatic heterocycles. The molecule has 4 heteroatoms.